The number of hydrogen-bond donors (Lipinski definition) is 0. The lowest BCUT2D eigenvalue weighted by Crippen LogP contribution is -2.44. The first-order valence-electron chi connectivity index (χ1n) is 4.92. The van der Waals surface area contributed by atoms with Gasteiger partial charge in [0.15, 0.2) is 11.5 Å². The summed E-state index contributed by atoms with van der Waals surface area (Å²) in [5, 5.41) is 1.13. The zero-order valence-electron chi connectivity index (χ0n) is 9.17. The van der Waals surface area contributed by atoms with Crippen LogP contribution < -0.4 is 9.47 Å². The van der Waals surface area contributed by atoms with Crippen LogP contribution in [0.4, 0.5) is 0 Å². The van der Waals surface area contributed by atoms with Crippen LogP contribution >= 0.6 is 0 Å². The molecule has 1 aliphatic heterocycles. The van der Waals surface area contributed by atoms with Gasteiger partial charge in [-0.1, -0.05) is 12.1 Å². The second kappa shape index (κ2) is 4.40. The molecule has 0 bridgehead atoms. The van der Waals surface area contributed by atoms with Crippen molar-refractivity contribution in [2.45, 2.75) is 6.10 Å². The highest BCUT2D eigenvalue weighted by Gasteiger charge is 2.29. The van der Waals surface area contributed by atoms with Crippen molar-refractivity contribution in [2.24, 2.45) is 0 Å². The number of hydrogen-bond acceptors (Lipinski definition) is 4. The maximum atomic E-state index is 11.7. The average molecular weight is 223 g/mol. The highest BCUT2D eigenvalue weighted by atomic mass is 16.7. The Hall–Kier alpha value is -1.75. The molecule has 2 rings (SSSR count). The first-order valence-corrected chi connectivity index (χ1v) is 4.92. The first-order chi connectivity index (χ1) is 7.72. The van der Waals surface area contributed by atoms with Crippen LogP contribution in [0.15, 0.2) is 24.3 Å². The van der Waals surface area contributed by atoms with E-state index in [9.17, 15) is 4.79 Å². The zero-order chi connectivity index (χ0) is 11.5. The third-order valence-electron chi connectivity index (χ3n) is 2.37. The molecule has 1 atom stereocenters. The molecule has 0 N–H and O–H groups in total. The molecule has 0 aliphatic carbocycles. The van der Waals surface area contributed by atoms with E-state index in [1.54, 1.807) is 12.1 Å². The molecule has 1 aromatic carbocycles. The summed E-state index contributed by atoms with van der Waals surface area (Å²) in [6, 6.07) is 7.25. The molecule has 0 saturated heterocycles. The van der Waals surface area contributed by atoms with Gasteiger partial charge in [-0.3, -0.25) is 9.63 Å². The number of fused-ring (bicyclic) bond motifs is 1. The van der Waals surface area contributed by atoms with Crippen molar-refractivity contribution in [2.75, 3.05) is 20.8 Å². The van der Waals surface area contributed by atoms with E-state index in [-0.39, 0.29) is 12.5 Å². The predicted molar refractivity (Wildman–Crippen MR) is 56.1 cm³/mol. The van der Waals surface area contributed by atoms with Crippen molar-refractivity contribution in [1.29, 1.82) is 0 Å². The van der Waals surface area contributed by atoms with Gasteiger partial charge in [0.05, 0.1) is 7.11 Å². The van der Waals surface area contributed by atoms with Crippen molar-refractivity contribution in [3.63, 3.8) is 0 Å². The van der Waals surface area contributed by atoms with Crippen molar-refractivity contribution >= 4 is 5.91 Å². The third-order valence-corrected chi connectivity index (χ3v) is 2.37. The molecule has 86 valence electrons. The average Bonchev–Trinajstić information content (AvgIpc) is 2.36. The van der Waals surface area contributed by atoms with Crippen LogP contribution in [-0.4, -0.2) is 37.8 Å². The molecular weight excluding hydrogens is 210 g/mol. The quantitative estimate of drug-likeness (QED) is 0.697. The Labute approximate surface area is 93.5 Å². The largest absolute Gasteiger partial charge is 0.485 e. The monoisotopic (exact) mass is 223 g/mol. The van der Waals surface area contributed by atoms with Crippen molar-refractivity contribution in [3.05, 3.63) is 24.3 Å². The van der Waals surface area contributed by atoms with E-state index in [1.165, 1.54) is 14.2 Å². The summed E-state index contributed by atoms with van der Waals surface area (Å²) >= 11 is 0. The van der Waals surface area contributed by atoms with Crippen molar-refractivity contribution < 1.29 is 19.1 Å². The van der Waals surface area contributed by atoms with Gasteiger partial charge in [-0.25, -0.2) is 5.06 Å². The molecule has 1 heterocycles. The number of amides is 1. The Balaban J connectivity index is 2.11. The van der Waals surface area contributed by atoms with Gasteiger partial charge < -0.3 is 9.47 Å². The smallest absolute Gasteiger partial charge is 0.290 e. The molecule has 0 radical (unpaired) electrons. The Morgan fingerprint density at radius 1 is 1.44 bits per heavy atom. The molecule has 5 nitrogen and oxygen atoms in total. The van der Waals surface area contributed by atoms with Crippen LogP contribution in [0, 0.1) is 0 Å². The molecule has 0 unspecified atom stereocenters. The first kappa shape index (κ1) is 10.8. The Morgan fingerprint density at radius 3 is 2.81 bits per heavy atom. The Kier molecular flexibility index (Phi) is 2.96. The van der Waals surface area contributed by atoms with E-state index < -0.39 is 6.10 Å². The molecule has 1 aliphatic rings. The molecule has 0 aromatic heterocycles. The van der Waals surface area contributed by atoms with Crippen LogP contribution in [0.1, 0.15) is 0 Å². The second-order valence-corrected chi connectivity index (χ2v) is 3.38. The lowest BCUT2D eigenvalue weighted by molar-refractivity contribution is -0.178. The van der Waals surface area contributed by atoms with Crippen molar-refractivity contribution in [1.82, 2.24) is 5.06 Å². The molecule has 5 heteroatoms. The summed E-state index contributed by atoms with van der Waals surface area (Å²) < 4.78 is 10.9. The van der Waals surface area contributed by atoms with Gasteiger partial charge in [-0.15, -0.1) is 0 Å². The number of carbonyl (C=O) groups excluding carboxylic acids is 1. The highest BCUT2D eigenvalue weighted by Crippen LogP contribution is 2.31. The number of para-hydroxylation sites is 2. The maximum absolute atomic E-state index is 11.7. The fourth-order valence-corrected chi connectivity index (χ4v) is 1.43. The Bertz CT molecular complexity index is 393. The van der Waals surface area contributed by atoms with E-state index in [0.717, 1.165) is 5.06 Å². The summed E-state index contributed by atoms with van der Waals surface area (Å²) in [6.07, 6.45) is -0.653. The maximum Gasteiger partial charge on any atom is 0.290 e. The number of nitrogens with zero attached hydrogens (tertiary/aromatic N) is 1. The van der Waals surface area contributed by atoms with Crippen LogP contribution in [0.25, 0.3) is 0 Å². The van der Waals surface area contributed by atoms with Crippen LogP contribution in [-0.2, 0) is 9.63 Å². The number of likely N-dealkylation sites (N-methyl/N-ethyl adjacent to an activating group) is 1. The van der Waals surface area contributed by atoms with E-state index in [4.69, 9.17) is 14.3 Å². The summed E-state index contributed by atoms with van der Waals surface area (Å²) in [4.78, 5) is 16.5. The van der Waals surface area contributed by atoms with Crippen molar-refractivity contribution in [3.8, 4) is 11.5 Å². The van der Waals surface area contributed by atoms with E-state index in [1.807, 2.05) is 12.1 Å². The minimum Gasteiger partial charge on any atom is -0.485 e. The van der Waals surface area contributed by atoms with Gasteiger partial charge in [-0.2, -0.15) is 0 Å². The van der Waals surface area contributed by atoms with Gasteiger partial charge in [0.1, 0.15) is 6.61 Å². The number of benzene rings is 1. The standard InChI is InChI=1S/C11H13NO4/c1-12(14-2)11(13)10-7-15-8-5-3-4-6-9(8)16-10/h3-6,10H,7H2,1-2H3/t10-/m1/s1. The van der Waals surface area contributed by atoms with Crippen LogP contribution in [0.5, 0.6) is 11.5 Å². The molecule has 16 heavy (non-hydrogen) atoms. The van der Waals surface area contributed by atoms with E-state index in [0.29, 0.717) is 11.5 Å². The molecule has 0 spiro atoms. The summed E-state index contributed by atoms with van der Waals surface area (Å²) in [5.74, 6) is 0.972. The SMILES string of the molecule is CON(C)C(=O)[C@H]1COc2ccccc2O1. The molecular formula is C11H13NO4. The van der Waals surface area contributed by atoms with Gasteiger partial charge in [0, 0.05) is 7.05 Å². The molecule has 1 aromatic rings. The van der Waals surface area contributed by atoms with Gasteiger partial charge in [0.2, 0.25) is 6.10 Å². The van der Waals surface area contributed by atoms with E-state index in [2.05, 4.69) is 0 Å². The molecule has 1 amide bonds. The lowest BCUT2D eigenvalue weighted by Gasteiger charge is -2.27. The predicted octanol–water partition coefficient (Wildman–Crippen LogP) is 0.846. The zero-order valence-corrected chi connectivity index (χ0v) is 9.17. The molecule has 0 fully saturated rings. The Morgan fingerprint density at radius 2 is 2.12 bits per heavy atom. The van der Waals surface area contributed by atoms with Crippen LogP contribution in [0.2, 0.25) is 0 Å². The summed E-state index contributed by atoms with van der Waals surface area (Å²) in [6.45, 7) is 0.198. The number of ether oxygens (including phenoxy) is 2. The third kappa shape index (κ3) is 1.94. The number of hydroxylamine groups is 2. The highest BCUT2D eigenvalue weighted by molar-refractivity contribution is 5.80. The second-order valence-electron chi connectivity index (χ2n) is 3.38. The normalized spacial score (nSPS) is 18.0. The van der Waals surface area contributed by atoms with Gasteiger partial charge in [-0.05, 0) is 12.1 Å². The minimum atomic E-state index is -0.653. The van der Waals surface area contributed by atoms with Gasteiger partial charge in [0.25, 0.3) is 5.91 Å². The summed E-state index contributed by atoms with van der Waals surface area (Å²) in [7, 11) is 2.96. The molecule has 0 saturated carbocycles. The van der Waals surface area contributed by atoms with Gasteiger partial charge >= 0.3 is 0 Å². The lowest BCUT2D eigenvalue weighted by atomic mass is 10.2. The topological polar surface area (TPSA) is 48.0 Å². The van der Waals surface area contributed by atoms with Crippen LogP contribution in [0.3, 0.4) is 0 Å². The number of carbonyl (C=O) groups is 1. The minimum absolute atomic E-state index is 0.198. The summed E-state index contributed by atoms with van der Waals surface area (Å²) in [5.41, 5.74) is 0. The number of rotatable bonds is 2. The fourth-order valence-electron chi connectivity index (χ4n) is 1.43. The fraction of sp³-hybridized carbons (Fsp3) is 0.364. The van der Waals surface area contributed by atoms with E-state index >= 15 is 0 Å².